The topological polar surface area (TPSA) is 86.2 Å². The van der Waals surface area contributed by atoms with Crippen LogP contribution in [0.3, 0.4) is 0 Å². The molecule has 86 valence electrons. The highest BCUT2D eigenvalue weighted by molar-refractivity contribution is 5.96. The van der Waals surface area contributed by atoms with Crippen molar-refractivity contribution >= 4 is 17.2 Å². The van der Waals surface area contributed by atoms with E-state index < -0.39 is 34.1 Å². The average molecular weight is 230 g/mol. The number of nitro benzene ring substituents is 1. The van der Waals surface area contributed by atoms with E-state index in [1.165, 1.54) is 0 Å². The van der Waals surface area contributed by atoms with Crippen molar-refractivity contribution < 1.29 is 18.5 Å². The summed E-state index contributed by atoms with van der Waals surface area (Å²) in [5.41, 5.74) is 3.09. The zero-order valence-corrected chi connectivity index (χ0v) is 8.24. The predicted octanol–water partition coefficient (Wildman–Crippen LogP) is 2.32. The minimum Gasteiger partial charge on any atom is -0.393 e. The molecule has 7 heteroatoms. The maximum absolute atomic E-state index is 12.5. The number of rotatable bonds is 3. The van der Waals surface area contributed by atoms with Gasteiger partial charge >= 0.3 is 0 Å². The van der Waals surface area contributed by atoms with Gasteiger partial charge in [-0.25, -0.2) is 8.78 Å². The Balaban J connectivity index is 3.51. The van der Waals surface area contributed by atoms with E-state index in [0.717, 1.165) is 19.1 Å². The number of carbonyl (C=O) groups is 1. The molecule has 1 aromatic rings. The van der Waals surface area contributed by atoms with Crippen molar-refractivity contribution in [3.63, 3.8) is 0 Å². The third-order valence-corrected chi connectivity index (χ3v) is 2.03. The van der Waals surface area contributed by atoms with Crippen LogP contribution in [0.5, 0.6) is 0 Å². The smallest absolute Gasteiger partial charge is 0.293 e. The predicted molar refractivity (Wildman–Crippen MR) is 52.5 cm³/mol. The summed E-state index contributed by atoms with van der Waals surface area (Å²) in [6.45, 7) is 1.13. The molecule has 0 atom stereocenters. The van der Waals surface area contributed by atoms with Gasteiger partial charge in [-0.2, -0.15) is 0 Å². The number of anilines is 1. The van der Waals surface area contributed by atoms with Crippen LogP contribution in [0.4, 0.5) is 20.2 Å². The highest BCUT2D eigenvalue weighted by Crippen LogP contribution is 2.33. The molecule has 5 nitrogen and oxygen atoms in total. The van der Waals surface area contributed by atoms with Crippen LogP contribution >= 0.6 is 0 Å². The first kappa shape index (κ1) is 12.0. The Morgan fingerprint density at radius 2 is 2.06 bits per heavy atom. The Kier molecular flexibility index (Phi) is 3.17. The first-order valence-corrected chi connectivity index (χ1v) is 4.21. The van der Waals surface area contributed by atoms with Gasteiger partial charge in [-0.1, -0.05) is 0 Å². The molecule has 0 heterocycles. The van der Waals surface area contributed by atoms with Gasteiger partial charge in [-0.3, -0.25) is 14.9 Å². The zero-order valence-electron chi connectivity index (χ0n) is 8.24. The maximum Gasteiger partial charge on any atom is 0.293 e. The molecule has 0 aliphatic rings. The third-order valence-electron chi connectivity index (χ3n) is 2.03. The first-order valence-electron chi connectivity index (χ1n) is 4.21. The summed E-state index contributed by atoms with van der Waals surface area (Å²) in [5.74, 6) is -0.537. The van der Waals surface area contributed by atoms with Crippen LogP contribution < -0.4 is 5.73 Å². The quantitative estimate of drug-likeness (QED) is 0.373. The number of nitrogens with two attached hydrogens (primary N) is 1. The fourth-order valence-corrected chi connectivity index (χ4v) is 1.19. The normalized spacial score (nSPS) is 10.5. The summed E-state index contributed by atoms with van der Waals surface area (Å²) in [5, 5.41) is 10.5. The molecule has 0 radical (unpaired) electrons. The number of Topliss-reactive ketones (excluding diaryl/α,β-unsaturated/α-hetero) is 1. The largest absolute Gasteiger partial charge is 0.393 e. The van der Waals surface area contributed by atoms with Crippen LogP contribution in [0.2, 0.25) is 0 Å². The highest BCUT2D eigenvalue weighted by Gasteiger charge is 2.23. The molecular weight excluding hydrogens is 222 g/mol. The van der Waals surface area contributed by atoms with Gasteiger partial charge in [-0.15, -0.1) is 0 Å². The van der Waals surface area contributed by atoms with Crippen LogP contribution in [-0.4, -0.2) is 10.7 Å². The molecule has 0 aliphatic heterocycles. The fourth-order valence-electron chi connectivity index (χ4n) is 1.19. The highest BCUT2D eigenvalue weighted by atomic mass is 19.3. The number of nitro groups is 1. The van der Waals surface area contributed by atoms with Gasteiger partial charge in [0.1, 0.15) is 5.69 Å². The number of benzene rings is 1. The molecule has 0 spiro atoms. The number of hydrogen-bond donors (Lipinski definition) is 1. The van der Waals surface area contributed by atoms with Gasteiger partial charge < -0.3 is 5.73 Å². The van der Waals surface area contributed by atoms with Gasteiger partial charge in [0.05, 0.1) is 4.92 Å². The van der Waals surface area contributed by atoms with Crippen LogP contribution in [0.1, 0.15) is 29.3 Å². The van der Waals surface area contributed by atoms with Crippen LogP contribution in [-0.2, 0) is 0 Å². The van der Waals surface area contributed by atoms with Crippen molar-refractivity contribution in [2.45, 2.75) is 13.3 Å². The summed E-state index contributed by atoms with van der Waals surface area (Å²) in [7, 11) is 0. The third kappa shape index (κ3) is 2.13. The number of alkyl halides is 2. The van der Waals surface area contributed by atoms with Crippen molar-refractivity contribution in [2.24, 2.45) is 0 Å². The van der Waals surface area contributed by atoms with Crippen LogP contribution in [0.25, 0.3) is 0 Å². The second-order valence-electron chi connectivity index (χ2n) is 3.11. The van der Waals surface area contributed by atoms with E-state index >= 15 is 0 Å². The molecular formula is C9H8F2N2O3. The van der Waals surface area contributed by atoms with E-state index in [9.17, 15) is 23.7 Å². The molecule has 0 bridgehead atoms. The van der Waals surface area contributed by atoms with E-state index in [0.29, 0.717) is 0 Å². The molecule has 0 saturated heterocycles. The number of nitrogen functional groups attached to an aromatic ring is 1. The second kappa shape index (κ2) is 4.21. The number of nitrogens with zero attached hydrogens (tertiary/aromatic N) is 1. The van der Waals surface area contributed by atoms with Crippen LogP contribution in [0.15, 0.2) is 12.1 Å². The minimum atomic E-state index is -2.96. The Hall–Kier alpha value is -2.05. The Labute approximate surface area is 89.0 Å². The molecule has 0 aliphatic carbocycles. The summed E-state index contributed by atoms with van der Waals surface area (Å²) >= 11 is 0. The molecule has 0 unspecified atom stereocenters. The molecule has 1 rings (SSSR count). The van der Waals surface area contributed by atoms with E-state index in [-0.39, 0.29) is 5.56 Å². The van der Waals surface area contributed by atoms with E-state index in [1.54, 1.807) is 0 Å². The SMILES string of the molecule is CC(=O)c1cc(C(F)F)c(N)c([N+](=O)[O-])c1. The van der Waals surface area contributed by atoms with Gasteiger partial charge in [-0.05, 0) is 13.0 Å². The molecule has 0 fully saturated rings. The van der Waals surface area contributed by atoms with E-state index in [2.05, 4.69) is 0 Å². The standard InChI is InChI=1S/C9H8F2N2O3/c1-4(14)5-2-6(9(10)11)8(12)7(3-5)13(15)16/h2-3,9H,12H2,1H3. The lowest BCUT2D eigenvalue weighted by atomic mass is 10.0. The van der Waals surface area contributed by atoms with Gasteiger partial charge in [0.2, 0.25) is 0 Å². The van der Waals surface area contributed by atoms with Crippen molar-refractivity contribution in [1.82, 2.24) is 0 Å². The molecule has 2 N–H and O–H groups in total. The summed E-state index contributed by atoms with van der Waals surface area (Å²) in [6.07, 6.45) is -2.96. The minimum absolute atomic E-state index is 0.156. The average Bonchev–Trinajstić information content (AvgIpc) is 2.16. The van der Waals surface area contributed by atoms with Gasteiger partial charge in [0.25, 0.3) is 12.1 Å². The molecule has 1 aromatic carbocycles. The number of hydrogen-bond acceptors (Lipinski definition) is 4. The Bertz CT molecular complexity index is 460. The van der Waals surface area contributed by atoms with E-state index in [1.807, 2.05) is 0 Å². The van der Waals surface area contributed by atoms with Crippen LogP contribution in [0, 0.1) is 10.1 Å². The van der Waals surface area contributed by atoms with Crippen molar-refractivity contribution in [1.29, 1.82) is 0 Å². The zero-order chi connectivity index (χ0) is 12.5. The van der Waals surface area contributed by atoms with Crippen molar-refractivity contribution in [3.05, 3.63) is 33.4 Å². The van der Waals surface area contributed by atoms with Gasteiger partial charge in [0.15, 0.2) is 5.78 Å². The number of carbonyl (C=O) groups excluding carboxylic acids is 1. The Morgan fingerprint density at radius 1 is 1.50 bits per heavy atom. The van der Waals surface area contributed by atoms with Crippen molar-refractivity contribution in [2.75, 3.05) is 5.73 Å². The van der Waals surface area contributed by atoms with Crippen molar-refractivity contribution in [3.8, 4) is 0 Å². The molecule has 0 aromatic heterocycles. The summed E-state index contributed by atoms with van der Waals surface area (Å²) in [6, 6.07) is 1.76. The first-order chi connectivity index (χ1) is 7.34. The summed E-state index contributed by atoms with van der Waals surface area (Å²) < 4.78 is 25.0. The molecule has 0 amide bonds. The lowest BCUT2D eigenvalue weighted by molar-refractivity contribution is -0.384. The number of halogens is 2. The monoisotopic (exact) mass is 230 g/mol. The lowest BCUT2D eigenvalue weighted by Crippen LogP contribution is -2.04. The molecule has 0 saturated carbocycles. The van der Waals surface area contributed by atoms with Gasteiger partial charge in [0, 0.05) is 17.2 Å². The Morgan fingerprint density at radius 3 is 2.44 bits per heavy atom. The number of ketones is 1. The lowest BCUT2D eigenvalue weighted by Gasteiger charge is -2.07. The summed E-state index contributed by atoms with van der Waals surface area (Å²) in [4.78, 5) is 20.6. The maximum atomic E-state index is 12.5. The van der Waals surface area contributed by atoms with E-state index in [4.69, 9.17) is 5.73 Å². The second-order valence-corrected chi connectivity index (χ2v) is 3.11. The fraction of sp³-hybridized carbons (Fsp3) is 0.222. The molecule has 16 heavy (non-hydrogen) atoms.